The summed E-state index contributed by atoms with van der Waals surface area (Å²) in [5, 5.41) is 11.7. The van der Waals surface area contributed by atoms with Crippen molar-refractivity contribution >= 4 is 17.7 Å². The van der Waals surface area contributed by atoms with Crippen LogP contribution in [0.5, 0.6) is 5.75 Å². The Balaban J connectivity index is 2.16. The highest BCUT2D eigenvalue weighted by Gasteiger charge is 2.26. The maximum absolute atomic E-state index is 12.4. The molecular weight excluding hydrogens is 272 g/mol. The summed E-state index contributed by atoms with van der Waals surface area (Å²) in [6.07, 6.45) is 1.80. The fraction of sp³-hybridized carbons (Fsp3) is 0.467. The molecule has 1 aliphatic heterocycles. The topological polar surface area (TPSA) is 78.9 Å². The maximum Gasteiger partial charge on any atom is 0.326 e. The van der Waals surface area contributed by atoms with Gasteiger partial charge in [-0.3, -0.25) is 4.90 Å². The van der Waals surface area contributed by atoms with Crippen molar-refractivity contribution in [3.63, 3.8) is 0 Å². The van der Waals surface area contributed by atoms with Gasteiger partial charge in [0.1, 0.15) is 11.8 Å². The molecule has 1 unspecified atom stereocenters. The molecule has 0 aliphatic carbocycles. The number of aliphatic carboxylic acids is 1. The lowest BCUT2D eigenvalue weighted by Crippen LogP contribution is -2.48. The molecule has 2 amide bonds. The van der Waals surface area contributed by atoms with Gasteiger partial charge in [0, 0.05) is 6.54 Å². The van der Waals surface area contributed by atoms with Crippen molar-refractivity contribution in [2.75, 3.05) is 18.1 Å². The number of ether oxygens (including phenoxy) is 1. The lowest BCUT2D eigenvalue weighted by atomic mass is 10.2. The van der Waals surface area contributed by atoms with E-state index in [0.717, 1.165) is 0 Å². The molecule has 2 rings (SSSR count). The molecule has 0 aromatic heterocycles. The molecule has 6 nitrogen and oxygen atoms in total. The largest absolute Gasteiger partial charge is 0.491 e. The molecule has 114 valence electrons. The van der Waals surface area contributed by atoms with E-state index in [2.05, 4.69) is 5.32 Å². The van der Waals surface area contributed by atoms with Crippen molar-refractivity contribution in [1.82, 2.24) is 5.32 Å². The first-order valence-corrected chi connectivity index (χ1v) is 7.16. The van der Waals surface area contributed by atoms with Gasteiger partial charge in [0.15, 0.2) is 0 Å². The molecule has 6 heteroatoms. The number of carboxylic acid groups (broad SMARTS) is 1. The van der Waals surface area contributed by atoms with Gasteiger partial charge in [0.2, 0.25) is 0 Å². The van der Waals surface area contributed by atoms with Crippen LogP contribution in [0.15, 0.2) is 24.3 Å². The van der Waals surface area contributed by atoms with E-state index in [1.807, 2.05) is 25.1 Å². The van der Waals surface area contributed by atoms with E-state index in [-0.39, 0.29) is 0 Å². The Kier molecular flexibility index (Phi) is 5.03. The number of para-hydroxylation sites is 2. The van der Waals surface area contributed by atoms with Gasteiger partial charge in [0.05, 0.1) is 12.3 Å². The third-order valence-corrected chi connectivity index (χ3v) is 3.36. The summed E-state index contributed by atoms with van der Waals surface area (Å²) in [5.74, 6) is -0.364. The maximum atomic E-state index is 12.4. The van der Waals surface area contributed by atoms with Crippen LogP contribution in [0.25, 0.3) is 0 Å². The smallest absolute Gasteiger partial charge is 0.326 e. The molecule has 0 saturated carbocycles. The number of carbonyl (C=O) groups excluding carboxylic acids is 1. The third kappa shape index (κ3) is 3.65. The summed E-state index contributed by atoms with van der Waals surface area (Å²) in [5.41, 5.74) is 0.674. The van der Waals surface area contributed by atoms with Crippen LogP contribution in [0.4, 0.5) is 10.5 Å². The quantitative estimate of drug-likeness (QED) is 0.892. The number of benzene rings is 1. The van der Waals surface area contributed by atoms with E-state index in [0.29, 0.717) is 43.9 Å². The van der Waals surface area contributed by atoms with Crippen LogP contribution in [-0.2, 0) is 4.79 Å². The van der Waals surface area contributed by atoms with Crippen molar-refractivity contribution in [3.05, 3.63) is 24.3 Å². The van der Waals surface area contributed by atoms with E-state index >= 15 is 0 Å². The van der Waals surface area contributed by atoms with E-state index < -0.39 is 18.0 Å². The summed E-state index contributed by atoms with van der Waals surface area (Å²) < 4.78 is 5.59. The predicted molar refractivity (Wildman–Crippen MR) is 78.8 cm³/mol. The number of carbonyl (C=O) groups is 2. The number of nitrogens with one attached hydrogen (secondary N) is 1. The second-order valence-electron chi connectivity index (χ2n) is 4.95. The van der Waals surface area contributed by atoms with E-state index in [1.54, 1.807) is 11.0 Å². The molecule has 1 aromatic carbocycles. The van der Waals surface area contributed by atoms with E-state index in [4.69, 9.17) is 9.84 Å². The van der Waals surface area contributed by atoms with E-state index in [9.17, 15) is 9.59 Å². The molecular formula is C15H20N2O4. The Labute approximate surface area is 123 Å². The average molecular weight is 292 g/mol. The highest BCUT2D eigenvalue weighted by molar-refractivity contribution is 5.95. The minimum absolute atomic E-state index is 0.395. The first-order chi connectivity index (χ1) is 10.1. The number of amides is 2. The lowest BCUT2D eigenvalue weighted by Gasteiger charge is -2.24. The van der Waals surface area contributed by atoms with Gasteiger partial charge >= 0.3 is 12.0 Å². The molecule has 0 radical (unpaired) electrons. The standard InChI is InChI=1S/C15H20N2O4/c1-2-6-11(14(18)19)16-15(20)17-9-5-10-21-13-8-4-3-7-12(13)17/h3-4,7-8,11H,2,5-6,9-10H2,1H3,(H,16,20)(H,18,19). The van der Waals surface area contributed by atoms with Crippen LogP contribution < -0.4 is 15.0 Å². The number of carboxylic acids is 1. The zero-order valence-corrected chi connectivity index (χ0v) is 12.0. The van der Waals surface area contributed by atoms with Crippen LogP contribution >= 0.6 is 0 Å². The van der Waals surface area contributed by atoms with Crippen LogP contribution in [0.2, 0.25) is 0 Å². The second kappa shape index (κ2) is 6.97. The number of fused-ring (bicyclic) bond motifs is 1. The third-order valence-electron chi connectivity index (χ3n) is 3.36. The molecule has 0 spiro atoms. The Bertz CT molecular complexity index is 518. The van der Waals surface area contributed by atoms with Crippen molar-refractivity contribution in [1.29, 1.82) is 0 Å². The van der Waals surface area contributed by atoms with Crippen LogP contribution in [0, 0.1) is 0 Å². The summed E-state index contributed by atoms with van der Waals surface area (Å²) in [6, 6.07) is 6.02. The minimum Gasteiger partial charge on any atom is -0.491 e. The summed E-state index contributed by atoms with van der Waals surface area (Å²) in [4.78, 5) is 25.1. The second-order valence-corrected chi connectivity index (χ2v) is 4.95. The number of hydrogen-bond donors (Lipinski definition) is 2. The monoisotopic (exact) mass is 292 g/mol. The number of nitrogens with zero attached hydrogens (tertiary/aromatic N) is 1. The normalized spacial score (nSPS) is 15.4. The molecule has 1 aliphatic rings. The summed E-state index contributed by atoms with van der Waals surface area (Å²) in [6.45, 7) is 2.93. The fourth-order valence-corrected chi connectivity index (χ4v) is 2.31. The van der Waals surface area contributed by atoms with Gasteiger partial charge in [-0.05, 0) is 25.0 Å². The van der Waals surface area contributed by atoms with Crippen molar-refractivity contribution in [2.24, 2.45) is 0 Å². The summed E-state index contributed by atoms with van der Waals surface area (Å²) >= 11 is 0. The van der Waals surface area contributed by atoms with Crippen LogP contribution in [0.3, 0.4) is 0 Å². The van der Waals surface area contributed by atoms with E-state index in [1.165, 1.54) is 0 Å². The van der Waals surface area contributed by atoms with Crippen LogP contribution in [0.1, 0.15) is 26.2 Å². The lowest BCUT2D eigenvalue weighted by molar-refractivity contribution is -0.139. The Morgan fingerprint density at radius 1 is 1.43 bits per heavy atom. The average Bonchev–Trinajstić information content (AvgIpc) is 2.69. The number of urea groups is 1. The Morgan fingerprint density at radius 2 is 2.19 bits per heavy atom. The SMILES string of the molecule is CCCC(NC(=O)N1CCCOc2ccccc21)C(=O)O. The highest BCUT2D eigenvalue weighted by Crippen LogP contribution is 2.30. The molecule has 0 fully saturated rings. The van der Waals surface area contributed by atoms with Gasteiger partial charge < -0.3 is 15.2 Å². The number of hydrogen-bond acceptors (Lipinski definition) is 3. The Morgan fingerprint density at radius 3 is 2.90 bits per heavy atom. The van der Waals surface area contributed by atoms with Crippen molar-refractivity contribution in [3.8, 4) is 5.75 Å². The molecule has 0 bridgehead atoms. The molecule has 1 heterocycles. The predicted octanol–water partition coefficient (Wildman–Crippen LogP) is 2.24. The highest BCUT2D eigenvalue weighted by atomic mass is 16.5. The first kappa shape index (κ1) is 15.2. The molecule has 1 aromatic rings. The minimum atomic E-state index is -1.01. The van der Waals surface area contributed by atoms with Gasteiger partial charge in [0.25, 0.3) is 0 Å². The molecule has 2 N–H and O–H groups in total. The van der Waals surface area contributed by atoms with Gasteiger partial charge in [-0.1, -0.05) is 25.5 Å². The van der Waals surface area contributed by atoms with Crippen molar-refractivity contribution < 1.29 is 19.4 Å². The van der Waals surface area contributed by atoms with Gasteiger partial charge in [-0.2, -0.15) is 0 Å². The zero-order valence-electron chi connectivity index (χ0n) is 12.0. The number of anilines is 1. The molecule has 21 heavy (non-hydrogen) atoms. The molecule has 1 atom stereocenters. The fourth-order valence-electron chi connectivity index (χ4n) is 2.31. The first-order valence-electron chi connectivity index (χ1n) is 7.16. The zero-order chi connectivity index (χ0) is 15.2. The van der Waals surface area contributed by atoms with Gasteiger partial charge in [-0.15, -0.1) is 0 Å². The number of rotatable bonds is 4. The molecule has 0 saturated heterocycles. The van der Waals surface area contributed by atoms with Gasteiger partial charge in [-0.25, -0.2) is 9.59 Å². The Hall–Kier alpha value is -2.24. The van der Waals surface area contributed by atoms with Crippen molar-refractivity contribution in [2.45, 2.75) is 32.2 Å². The van der Waals surface area contributed by atoms with Crippen LogP contribution in [-0.4, -0.2) is 36.3 Å². The summed E-state index contributed by atoms with van der Waals surface area (Å²) in [7, 11) is 0.